The molecule has 1 saturated carbocycles. The van der Waals surface area contributed by atoms with Crippen LogP contribution in [0.1, 0.15) is 46.0 Å². The number of carbonyl (C=O) groups is 1. The van der Waals surface area contributed by atoms with Gasteiger partial charge in [0.15, 0.2) is 0 Å². The summed E-state index contributed by atoms with van der Waals surface area (Å²) < 4.78 is 0. The summed E-state index contributed by atoms with van der Waals surface area (Å²) in [4.78, 5) is 12.4. The Balaban J connectivity index is 1.80. The molecule has 0 bridgehead atoms. The van der Waals surface area contributed by atoms with E-state index in [-0.39, 0.29) is 17.4 Å². The van der Waals surface area contributed by atoms with Crippen LogP contribution in [0.2, 0.25) is 0 Å². The highest BCUT2D eigenvalue weighted by molar-refractivity contribution is 5.82. The number of piperidine rings is 1. The Kier molecular flexibility index (Phi) is 4.85. The van der Waals surface area contributed by atoms with Crippen LogP contribution in [0.5, 0.6) is 0 Å². The topological polar surface area (TPSA) is 61.4 Å². The summed E-state index contributed by atoms with van der Waals surface area (Å²) in [6.07, 6.45) is 4.90. The number of nitrogens with one attached hydrogen (secondary N) is 2. The average molecular weight is 268 g/mol. The van der Waals surface area contributed by atoms with Crippen molar-refractivity contribution in [1.29, 1.82) is 0 Å². The molecule has 3 N–H and O–H groups in total. The summed E-state index contributed by atoms with van der Waals surface area (Å²) in [5.41, 5.74) is -0.301. The van der Waals surface area contributed by atoms with Crippen LogP contribution in [0.15, 0.2) is 0 Å². The largest absolute Gasteiger partial charge is 0.393 e. The standard InChI is InChI=1S/C15H28N2O2/c1-15(2,12-4-3-7-16-10-12)14(19)17-9-11-5-6-13(18)8-11/h11-13,16,18H,3-10H2,1-2H3,(H,17,19). The van der Waals surface area contributed by atoms with Crippen molar-refractivity contribution in [3.05, 3.63) is 0 Å². The van der Waals surface area contributed by atoms with Crippen LogP contribution in [0.25, 0.3) is 0 Å². The molecular weight excluding hydrogens is 240 g/mol. The van der Waals surface area contributed by atoms with E-state index in [1.807, 2.05) is 0 Å². The van der Waals surface area contributed by atoms with Gasteiger partial charge in [-0.15, -0.1) is 0 Å². The summed E-state index contributed by atoms with van der Waals surface area (Å²) >= 11 is 0. The summed E-state index contributed by atoms with van der Waals surface area (Å²) in [5, 5.41) is 16.0. The van der Waals surface area contributed by atoms with Gasteiger partial charge in [-0.3, -0.25) is 4.79 Å². The molecule has 1 aliphatic carbocycles. The minimum Gasteiger partial charge on any atom is -0.393 e. The molecule has 3 unspecified atom stereocenters. The van der Waals surface area contributed by atoms with Gasteiger partial charge in [-0.1, -0.05) is 13.8 Å². The number of carbonyl (C=O) groups excluding carboxylic acids is 1. The van der Waals surface area contributed by atoms with Gasteiger partial charge in [0.25, 0.3) is 0 Å². The summed E-state index contributed by atoms with van der Waals surface area (Å²) in [6.45, 7) is 6.86. The van der Waals surface area contributed by atoms with E-state index in [1.165, 1.54) is 0 Å². The zero-order valence-corrected chi connectivity index (χ0v) is 12.2. The second-order valence-electron chi connectivity index (χ2n) is 6.81. The van der Waals surface area contributed by atoms with Crippen molar-refractivity contribution in [2.24, 2.45) is 17.3 Å². The first-order valence-corrected chi connectivity index (χ1v) is 7.67. The third kappa shape index (κ3) is 3.69. The van der Waals surface area contributed by atoms with Crippen LogP contribution < -0.4 is 10.6 Å². The summed E-state index contributed by atoms with van der Waals surface area (Å²) in [6, 6.07) is 0. The molecule has 19 heavy (non-hydrogen) atoms. The number of aliphatic hydroxyl groups is 1. The molecule has 4 heteroatoms. The first kappa shape index (κ1) is 14.8. The van der Waals surface area contributed by atoms with E-state index in [1.54, 1.807) is 0 Å². The van der Waals surface area contributed by atoms with Gasteiger partial charge >= 0.3 is 0 Å². The lowest BCUT2D eigenvalue weighted by Gasteiger charge is -2.36. The van der Waals surface area contributed by atoms with Crippen molar-refractivity contribution in [2.45, 2.75) is 52.1 Å². The SMILES string of the molecule is CC(C)(C(=O)NCC1CCC(O)C1)C1CCCNC1. The molecule has 3 atom stereocenters. The number of amides is 1. The van der Waals surface area contributed by atoms with E-state index >= 15 is 0 Å². The van der Waals surface area contributed by atoms with Crippen LogP contribution in [0, 0.1) is 17.3 Å². The Hall–Kier alpha value is -0.610. The molecule has 1 aliphatic heterocycles. The van der Waals surface area contributed by atoms with Gasteiger partial charge in [0.2, 0.25) is 5.91 Å². The second kappa shape index (κ2) is 6.23. The first-order chi connectivity index (χ1) is 9.00. The number of hydrogen-bond donors (Lipinski definition) is 3. The molecular formula is C15H28N2O2. The summed E-state index contributed by atoms with van der Waals surface area (Å²) in [5.74, 6) is 1.05. The van der Waals surface area contributed by atoms with E-state index in [2.05, 4.69) is 24.5 Å². The molecule has 2 fully saturated rings. The van der Waals surface area contributed by atoms with Crippen LogP contribution >= 0.6 is 0 Å². The fourth-order valence-electron chi connectivity index (χ4n) is 3.35. The molecule has 4 nitrogen and oxygen atoms in total. The predicted molar refractivity (Wildman–Crippen MR) is 75.7 cm³/mol. The van der Waals surface area contributed by atoms with Gasteiger partial charge in [0.1, 0.15) is 0 Å². The summed E-state index contributed by atoms with van der Waals surface area (Å²) in [7, 11) is 0. The van der Waals surface area contributed by atoms with Gasteiger partial charge in [-0.2, -0.15) is 0 Å². The highest BCUT2D eigenvalue weighted by Crippen LogP contribution is 2.32. The lowest BCUT2D eigenvalue weighted by molar-refractivity contribution is -0.132. The van der Waals surface area contributed by atoms with Gasteiger partial charge < -0.3 is 15.7 Å². The molecule has 0 aromatic carbocycles. The zero-order chi connectivity index (χ0) is 13.9. The predicted octanol–water partition coefficient (Wildman–Crippen LogP) is 1.29. The minimum atomic E-state index is -0.301. The molecule has 1 heterocycles. The molecule has 0 aromatic heterocycles. The Labute approximate surface area is 116 Å². The number of rotatable bonds is 4. The van der Waals surface area contributed by atoms with Crippen molar-refractivity contribution >= 4 is 5.91 Å². The molecule has 2 rings (SSSR count). The Morgan fingerprint density at radius 3 is 2.74 bits per heavy atom. The van der Waals surface area contributed by atoms with Gasteiger partial charge in [0.05, 0.1) is 6.10 Å². The number of hydrogen-bond acceptors (Lipinski definition) is 3. The van der Waals surface area contributed by atoms with Gasteiger partial charge in [-0.05, 0) is 57.0 Å². The van der Waals surface area contributed by atoms with E-state index in [9.17, 15) is 9.90 Å². The van der Waals surface area contributed by atoms with Crippen molar-refractivity contribution in [3.63, 3.8) is 0 Å². The smallest absolute Gasteiger partial charge is 0.225 e. The minimum absolute atomic E-state index is 0.155. The maximum Gasteiger partial charge on any atom is 0.225 e. The molecule has 0 radical (unpaired) electrons. The average Bonchev–Trinajstić information content (AvgIpc) is 2.82. The van der Waals surface area contributed by atoms with Crippen molar-refractivity contribution in [1.82, 2.24) is 10.6 Å². The van der Waals surface area contributed by atoms with E-state index in [4.69, 9.17) is 0 Å². The molecule has 2 aliphatic rings. The van der Waals surface area contributed by atoms with Gasteiger partial charge in [0, 0.05) is 12.0 Å². The third-order valence-electron chi connectivity index (χ3n) is 4.97. The van der Waals surface area contributed by atoms with Crippen molar-refractivity contribution < 1.29 is 9.90 Å². The van der Waals surface area contributed by atoms with E-state index in [0.717, 1.165) is 51.7 Å². The molecule has 0 spiro atoms. The quantitative estimate of drug-likeness (QED) is 0.720. The van der Waals surface area contributed by atoms with Crippen molar-refractivity contribution in [2.75, 3.05) is 19.6 Å². The maximum absolute atomic E-state index is 12.4. The van der Waals surface area contributed by atoms with Crippen LogP contribution in [0.3, 0.4) is 0 Å². The fourth-order valence-corrected chi connectivity index (χ4v) is 3.35. The first-order valence-electron chi connectivity index (χ1n) is 7.67. The molecule has 1 saturated heterocycles. The lowest BCUT2D eigenvalue weighted by Crippen LogP contribution is -2.48. The highest BCUT2D eigenvalue weighted by Gasteiger charge is 2.37. The molecule has 1 amide bonds. The molecule has 0 aromatic rings. The van der Waals surface area contributed by atoms with Crippen LogP contribution in [-0.2, 0) is 4.79 Å². The Morgan fingerprint density at radius 2 is 2.16 bits per heavy atom. The van der Waals surface area contributed by atoms with Crippen LogP contribution in [-0.4, -0.2) is 36.8 Å². The van der Waals surface area contributed by atoms with Crippen molar-refractivity contribution in [3.8, 4) is 0 Å². The fraction of sp³-hybridized carbons (Fsp3) is 0.933. The monoisotopic (exact) mass is 268 g/mol. The zero-order valence-electron chi connectivity index (χ0n) is 12.2. The lowest BCUT2D eigenvalue weighted by atomic mass is 9.74. The highest BCUT2D eigenvalue weighted by atomic mass is 16.3. The second-order valence-corrected chi connectivity index (χ2v) is 6.81. The van der Waals surface area contributed by atoms with Gasteiger partial charge in [-0.25, -0.2) is 0 Å². The maximum atomic E-state index is 12.4. The van der Waals surface area contributed by atoms with E-state index in [0.29, 0.717) is 11.8 Å². The number of aliphatic hydroxyl groups excluding tert-OH is 1. The van der Waals surface area contributed by atoms with Crippen LogP contribution in [0.4, 0.5) is 0 Å². The Morgan fingerprint density at radius 1 is 1.37 bits per heavy atom. The Bertz CT molecular complexity index is 311. The van der Waals surface area contributed by atoms with E-state index < -0.39 is 0 Å². The third-order valence-corrected chi connectivity index (χ3v) is 4.97. The molecule has 110 valence electrons. The normalized spacial score (nSPS) is 32.3.